The van der Waals surface area contributed by atoms with Crippen LogP contribution >= 0.6 is 0 Å². The van der Waals surface area contributed by atoms with E-state index in [0.717, 1.165) is 24.3 Å². The van der Waals surface area contributed by atoms with E-state index in [1.165, 1.54) is 12.1 Å². The number of ether oxygens (including phenoxy) is 1. The number of aliphatic hydroxyl groups excluding tert-OH is 1. The van der Waals surface area contributed by atoms with E-state index < -0.39 is 34.8 Å². The van der Waals surface area contributed by atoms with Gasteiger partial charge < -0.3 is 20.1 Å². The summed E-state index contributed by atoms with van der Waals surface area (Å²) in [5.74, 6) is -7.05. The molecule has 0 aliphatic heterocycles. The second kappa shape index (κ2) is 8.00. The van der Waals surface area contributed by atoms with Crippen LogP contribution in [-0.2, 0) is 0 Å². The van der Waals surface area contributed by atoms with Crippen molar-refractivity contribution in [3.8, 4) is 39.5 Å². The molecule has 3 N–H and O–H groups in total. The molecule has 3 rings (SSSR count). The Balaban J connectivity index is 2.31. The fourth-order valence-electron chi connectivity index (χ4n) is 2.95. The van der Waals surface area contributed by atoms with E-state index >= 15 is 0 Å². The van der Waals surface area contributed by atoms with E-state index in [2.05, 4.69) is 0 Å². The van der Waals surface area contributed by atoms with Gasteiger partial charge in [0.1, 0.15) is 12.4 Å². The Morgan fingerprint density at radius 3 is 1.45 bits per heavy atom. The minimum Gasteiger partial charge on any atom is -0.503 e. The van der Waals surface area contributed by atoms with Gasteiger partial charge in [0, 0.05) is 11.1 Å². The SMILES string of the molecule is Cc1cc(-c2cc(F)c(O)c(F)c2)c(OCCO)c(-c2cc(F)c(O)c(F)c2)c1. The summed E-state index contributed by atoms with van der Waals surface area (Å²) >= 11 is 0. The van der Waals surface area contributed by atoms with Gasteiger partial charge in [-0.15, -0.1) is 0 Å². The van der Waals surface area contributed by atoms with E-state index in [0.29, 0.717) is 5.56 Å². The van der Waals surface area contributed by atoms with Crippen LogP contribution in [-0.4, -0.2) is 28.5 Å². The van der Waals surface area contributed by atoms with Crippen LogP contribution < -0.4 is 4.74 Å². The highest BCUT2D eigenvalue weighted by Gasteiger charge is 2.20. The number of aryl methyl sites for hydroxylation is 1. The maximum atomic E-state index is 13.9. The number of halogens is 4. The van der Waals surface area contributed by atoms with Gasteiger partial charge in [-0.25, -0.2) is 17.6 Å². The number of phenols is 2. The van der Waals surface area contributed by atoms with Crippen molar-refractivity contribution in [1.82, 2.24) is 0 Å². The summed E-state index contributed by atoms with van der Waals surface area (Å²) in [7, 11) is 0. The number of hydrogen-bond acceptors (Lipinski definition) is 4. The lowest BCUT2D eigenvalue weighted by Crippen LogP contribution is -2.05. The molecule has 0 aromatic heterocycles. The Morgan fingerprint density at radius 1 is 0.724 bits per heavy atom. The van der Waals surface area contributed by atoms with Gasteiger partial charge in [-0.05, 0) is 60.0 Å². The number of aromatic hydroxyl groups is 2. The van der Waals surface area contributed by atoms with Crippen molar-refractivity contribution in [1.29, 1.82) is 0 Å². The van der Waals surface area contributed by atoms with Crippen molar-refractivity contribution in [3.05, 3.63) is 65.2 Å². The third-order valence-electron chi connectivity index (χ3n) is 4.23. The van der Waals surface area contributed by atoms with E-state index in [4.69, 9.17) is 9.84 Å². The molecule has 0 aliphatic carbocycles. The van der Waals surface area contributed by atoms with Gasteiger partial charge in [0.15, 0.2) is 34.8 Å². The summed E-state index contributed by atoms with van der Waals surface area (Å²) in [5, 5.41) is 27.8. The highest BCUT2D eigenvalue weighted by Crippen LogP contribution is 2.42. The van der Waals surface area contributed by atoms with Crippen LogP contribution in [0.15, 0.2) is 36.4 Å². The fraction of sp³-hybridized carbons (Fsp3) is 0.143. The Hall–Kier alpha value is -3.26. The summed E-state index contributed by atoms with van der Waals surface area (Å²) in [6.45, 7) is 1.07. The third kappa shape index (κ3) is 3.97. The van der Waals surface area contributed by atoms with Gasteiger partial charge in [-0.1, -0.05) is 0 Å². The molecule has 0 radical (unpaired) electrons. The smallest absolute Gasteiger partial charge is 0.187 e. The largest absolute Gasteiger partial charge is 0.503 e. The first kappa shape index (κ1) is 20.5. The zero-order chi connectivity index (χ0) is 21.3. The van der Waals surface area contributed by atoms with Gasteiger partial charge in [-0.2, -0.15) is 0 Å². The normalized spacial score (nSPS) is 11.0. The van der Waals surface area contributed by atoms with Crippen LogP contribution in [0, 0.1) is 30.2 Å². The van der Waals surface area contributed by atoms with E-state index in [1.54, 1.807) is 6.92 Å². The number of phenolic OH excluding ortho intramolecular Hbond substituents is 2. The first-order valence-corrected chi connectivity index (χ1v) is 8.48. The van der Waals surface area contributed by atoms with Gasteiger partial charge in [0.05, 0.1) is 6.61 Å². The van der Waals surface area contributed by atoms with Gasteiger partial charge in [0.25, 0.3) is 0 Å². The van der Waals surface area contributed by atoms with E-state index in [9.17, 15) is 27.8 Å². The Kier molecular flexibility index (Phi) is 5.65. The lowest BCUT2D eigenvalue weighted by atomic mass is 9.94. The molecule has 0 amide bonds. The molecule has 3 aromatic rings. The van der Waals surface area contributed by atoms with Gasteiger partial charge in [-0.3, -0.25) is 0 Å². The number of aliphatic hydroxyl groups is 1. The molecule has 8 heteroatoms. The molecule has 0 saturated heterocycles. The number of hydrogen-bond donors (Lipinski definition) is 3. The van der Waals surface area contributed by atoms with Crippen molar-refractivity contribution in [3.63, 3.8) is 0 Å². The van der Waals surface area contributed by atoms with Crippen molar-refractivity contribution in [2.75, 3.05) is 13.2 Å². The Bertz CT molecular complexity index is 958. The fourth-order valence-corrected chi connectivity index (χ4v) is 2.95. The van der Waals surface area contributed by atoms with Crippen LogP contribution in [0.4, 0.5) is 17.6 Å². The van der Waals surface area contributed by atoms with Crippen LogP contribution in [0.2, 0.25) is 0 Å². The molecule has 0 bridgehead atoms. The summed E-state index contributed by atoms with van der Waals surface area (Å²) < 4.78 is 61.1. The molecule has 0 spiro atoms. The minimum atomic E-state index is -1.20. The first-order valence-electron chi connectivity index (χ1n) is 8.48. The molecule has 0 atom stereocenters. The molecule has 0 fully saturated rings. The predicted octanol–water partition coefficient (Wildman–Crippen LogP) is 4.67. The van der Waals surface area contributed by atoms with Crippen LogP contribution in [0.3, 0.4) is 0 Å². The highest BCUT2D eigenvalue weighted by molar-refractivity contribution is 5.84. The highest BCUT2D eigenvalue weighted by atomic mass is 19.1. The summed E-state index contributed by atoms with van der Waals surface area (Å²) in [4.78, 5) is 0. The molecule has 3 aromatic carbocycles. The van der Waals surface area contributed by atoms with Gasteiger partial charge >= 0.3 is 0 Å². The van der Waals surface area contributed by atoms with Gasteiger partial charge in [0.2, 0.25) is 0 Å². The molecular weight excluding hydrogens is 392 g/mol. The van der Waals surface area contributed by atoms with Crippen LogP contribution in [0.25, 0.3) is 22.3 Å². The number of benzene rings is 3. The Labute approximate surface area is 163 Å². The predicted molar refractivity (Wildman–Crippen MR) is 97.8 cm³/mol. The van der Waals surface area contributed by atoms with Crippen LogP contribution in [0.1, 0.15) is 5.56 Å². The molecule has 152 valence electrons. The number of rotatable bonds is 5. The maximum absolute atomic E-state index is 13.9. The maximum Gasteiger partial charge on any atom is 0.187 e. The second-order valence-electron chi connectivity index (χ2n) is 6.34. The molecule has 0 unspecified atom stereocenters. The average molecular weight is 408 g/mol. The average Bonchev–Trinajstić information content (AvgIpc) is 2.67. The van der Waals surface area contributed by atoms with Crippen molar-refractivity contribution < 1.29 is 37.6 Å². The zero-order valence-corrected chi connectivity index (χ0v) is 15.1. The van der Waals surface area contributed by atoms with E-state index in [1.807, 2.05) is 0 Å². The second-order valence-corrected chi connectivity index (χ2v) is 6.34. The standard InChI is InChI=1S/C21H16F4O4/c1-10-4-13(11-6-15(22)19(27)16(23)7-11)21(29-3-2-26)14(5-10)12-8-17(24)20(28)18(25)9-12/h4-9,26-28H,2-3H2,1H3. The summed E-state index contributed by atoms with van der Waals surface area (Å²) in [6, 6.07) is 6.63. The van der Waals surface area contributed by atoms with Crippen molar-refractivity contribution in [2.45, 2.75) is 6.92 Å². The quantitative estimate of drug-likeness (QED) is 0.537. The van der Waals surface area contributed by atoms with Crippen molar-refractivity contribution in [2.24, 2.45) is 0 Å². The minimum absolute atomic E-state index is 0.00964. The lowest BCUT2D eigenvalue weighted by molar-refractivity contribution is 0.202. The monoisotopic (exact) mass is 408 g/mol. The third-order valence-corrected chi connectivity index (χ3v) is 4.23. The van der Waals surface area contributed by atoms with Crippen molar-refractivity contribution >= 4 is 0 Å². The summed E-state index contributed by atoms with van der Waals surface area (Å²) in [5.41, 5.74) is 0.959. The zero-order valence-electron chi connectivity index (χ0n) is 15.1. The van der Waals surface area contributed by atoms with Crippen LogP contribution in [0.5, 0.6) is 17.2 Å². The van der Waals surface area contributed by atoms with E-state index in [-0.39, 0.29) is 41.2 Å². The molecule has 0 aliphatic rings. The molecule has 29 heavy (non-hydrogen) atoms. The lowest BCUT2D eigenvalue weighted by Gasteiger charge is -2.18. The topological polar surface area (TPSA) is 69.9 Å². The summed E-state index contributed by atoms with van der Waals surface area (Å²) in [6.07, 6.45) is 0. The first-order chi connectivity index (χ1) is 13.7. The Morgan fingerprint density at radius 2 is 1.10 bits per heavy atom. The molecule has 4 nitrogen and oxygen atoms in total. The molecule has 0 heterocycles. The molecular formula is C21H16F4O4. The molecule has 0 saturated carbocycles.